The van der Waals surface area contributed by atoms with Crippen LogP contribution in [0, 0.1) is 0 Å². The molecule has 0 amide bonds. The first-order valence-corrected chi connectivity index (χ1v) is 8.64. The molecule has 0 bridgehead atoms. The fourth-order valence-electron chi connectivity index (χ4n) is 3.68. The summed E-state index contributed by atoms with van der Waals surface area (Å²) in [5, 5.41) is 27.8. The maximum atomic E-state index is 13.0. The van der Waals surface area contributed by atoms with Gasteiger partial charge in [-0.25, -0.2) is 9.97 Å². The minimum atomic E-state index is -2.85. The number of fused-ring (bicyclic) bond motifs is 1. The van der Waals surface area contributed by atoms with E-state index in [0.29, 0.717) is 0 Å². The summed E-state index contributed by atoms with van der Waals surface area (Å²) >= 11 is 6.23. The molecule has 156 valence electrons. The molecule has 1 saturated heterocycles. The summed E-state index contributed by atoms with van der Waals surface area (Å²) in [6.45, 7) is 1.94. The van der Waals surface area contributed by atoms with Crippen molar-refractivity contribution in [3.05, 3.63) is 12.7 Å². The van der Waals surface area contributed by atoms with E-state index in [2.05, 4.69) is 15.0 Å². The predicted octanol–water partition coefficient (Wildman–Crippen LogP) is -1.02. The summed E-state index contributed by atoms with van der Waals surface area (Å²) in [7, 11) is 0. The van der Waals surface area contributed by atoms with Gasteiger partial charge in [0.1, 0.15) is 18.8 Å². The number of ketones is 2. The van der Waals surface area contributed by atoms with E-state index in [1.165, 1.54) is 0 Å². The number of nitrogens with zero attached hydrogens (tertiary/aromatic N) is 4. The number of aliphatic hydroxyl groups is 2. The van der Waals surface area contributed by atoms with Gasteiger partial charge < -0.3 is 24.8 Å². The van der Waals surface area contributed by atoms with Crippen molar-refractivity contribution in [2.45, 2.75) is 43.3 Å². The smallest absolute Gasteiger partial charge is 0.303 e. The van der Waals surface area contributed by atoms with Crippen LogP contribution in [0.25, 0.3) is 11.2 Å². The largest absolute Gasteiger partial charge is 0.492 e. The number of esters is 1. The van der Waals surface area contributed by atoms with Crippen LogP contribution in [0.4, 0.5) is 0 Å². The normalized spacial score (nSPS) is 31.7. The van der Waals surface area contributed by atoms with Crippen LogP contribution in [0.5, 0.6) is 5.88 Å². The Hall–Kier alpha value is -2.67. The molecular weight excluding hydrogens is 412 g/mol. The maximum Gasteiger partial charge on any atom is 0.303 e. The number of hydrogen-bond acceptors (Lipinski definition) is 11. The molecule has 2 aromatic heterocycles. The van der Waals surface area contributed by atoms with Gasteiger partial charge in [0.15, 0.2) is 22.7 Å². The highest BCUT2D eigenvalue weighted by Gasteiger charge is 2.81. The number of hydrogen-bond donors (Lipinski definition) is 3. The van der Waals surface area contributed by atoms with Crippen LogP contribution in [-0.4, -0.2) is 75.7 Å². The fourth-order valence-corrected chi connectivity index (χ4v) is 4.10. The molecule has 2 aromatic rings. The number of aromatic hydroxyl groups is 1. The number of imidazole rings is 1. The number of aromatic nitrogens is 4. The van der Waals surface area contributed by atoms with E-state index in [4.69, 9.17) is 21.1 Å². The Morgan fingerprint density at radius 2 is 1.90 bits per heavy atom. The third-order valence-electron chi connectivity index (χ3n) is 4.80. The molecule has 0 aliphatic carbocycles. The van der Waals surface area contributed by atoms with E-state index in [-0.39, 0.29) is 11.2 Å². The van der Waals surface area contributed by atoms with Crippen molar-refractivity contribution in [1.82, 2.24) is 19.5 Å². The maximum absolute atomic E-state index is 13.0. The van der Waals surface area contributed by atoms with E-state index < -0.39 is 52.5 Å². The summed E-state index contributed by atoms with van der Waals surface area (Å²) in [5.41, 5.74) is -5.79. The average molecular weight is 429 g/mol. The van der Waals surface area contributed by atoms with Gasteiger partial charge in [0.05, 0.1) is 6.61 Å². The lowest BCUT2D eigenvalue weighted by Gasteiger charge is -2.43. The van der Waals surface area contributed by atoms with Crippen LogP contribution in [0.3, 0.4) is 0 Å². The van der Waals surface area contributed by atoms with Gasteiger partial charge in [-0.1, -0.05) is 11.6 Å². The number of halogens is 1. The Balaban J connectivity index is 2.49. The van der Waals surface area contributed by atoms with Gasteiger partial charge >= 0.3 is 5.97 Å². The molecule has 1 fully saturated rings. The van der Waals surface area contributed by atoms with Crippen LogP contribution in [-0.2, 0) is 29.6 Å². The zero-order chi connectivity index (χ0) is 21.8. The number of rotatable bonds is 5. The number of ether oxygens (including phenoxy) is 2. The van der Waals surface area contributed by atoms with E-state index in [0.717, 1.165) is 38.0 Å². The molecule has 0 spiro atoms. The second-order valence-corrected chi connectivity index (χ2v) is 7.05. The molecule has 3 N–H and O–H groups in total. The van der Waals surface area contributed by atoms with Crippen LogP contribution < -0.4 is 0 Å². The number of aliphatic hydroxyl groups excluding tert-OH is 1. The molecule has 4 atom stereocenters. The monoisotopic (exact) mass is 428 g/mol. The fraction of sp³-hybridized carbons (Fsp3) is 0.500. The molecule has 0 saturated carbocycles. The van der Waals surface area contributed by atoms with E-state index in [9.17, 15) is 29.7 Å². The molecule has 0 aromatic carbocycles. The zero-order valence-electron chi connectivity index (χ0n) is 15.5. The van der Waals surface area contributed by atoms with E-state index in [1.807, 2.05) is 0 Å². The first kappa shape index (κ1) is 21.0. The molecule has 3 heterocycles. The molecule has 13 heteroatoms. The highest BCUT2D eigenvalue weighted by molar-refractivity contribution is 6.27. The molecule has 12 nitrogen and oxygen atoms in total. The minimum absolute atomic E-state index is 0.164. The van der Waals surface area contributed by atoms with Crippen LogP contribution in [0.2, 0.25) is 0 Å². The minimum Gasteiger partial charge on any atom is -0.492 e. The Kier molecular flexibility index (Phi) is 4.86. The Morgan fingerprint density at radius 1 is 1.24 bits per heavy atom. The van der Waals surface area contributed by atoms with Crippen molar-refractivity contribution in [2.75, 3.05) is 6.61 Å². The summed E-state index contributed by atoms with van der Waals surface area (Å²) in [4.78, 5) is 49.2. The van der Waals surface area contributed by atoms with Gasteiger partial charge in [-0.05, 0) is 13.8 Å². The van der Waals surface area contributed by atoms with Gasteiger partial charge in [0, 0.05) is 6.92 Å². The van der Waals surface area contributed by atoms with Crippen LogP contribution in [0.15, 0.2) is 12.7 Å². The standard InChI is InChI=1S/C16H17ClN4O8/c1-7(23)14(28-9(3)25)15(17,27)10(4-22)29-16(14,8(2)24)21-6-20-11-12(21)18-5-19-13(11)26/h5-6,10,22,27H,4H2,1-3H3,(H,18,19,26)/t10-,14-,15-,16-/m1/s1. The number of carbonyl (C=O) groups is 3. The zero-order valence-corrected chi connectivity index (χ0v) is 16.2. The number of Topliss-reactive ketones (excluding diaryl/α,β-unsaturated/α-hetero) is 2. The summed E-state index contributed by atoms with van der Waals surface area (Å²) < 4.78 is 11.8. The first-order chi connectivity index (χ1) is 13.5. The highest BCUT2D eigenvalue weighted by atomic mass is 35.5. The quantitative estimate of drug-likeness (QED) is 0.392. The third-order valence-corrected chi connectivity index (χ3v) is 5.31. The van der Waals surface area contributed by atoms with Crippen molar-refractivity contribution in [1.29, 1.82) is 0 Å². The number of alkyl halides is 1. The average Bonchev–Trinajstić information content (AvgIpc) is 3.13. The second kappa shape index (κ2) is 6.69. The van der Waals surface area contributed by atoms with E-state index >= 15 is 0 Å². The van der Waals surface area contributed by atoms with Gasteiger partial charge in [-0.3, -0.25) is 19.0 Å². The molecular formula is C16H17ClN4O8. The lowest BCUT2D eigenvalue weighted by molar-refractivity contribution is -0.215. The van der Waals surface area contributed by atoms with E-state index in [1.54, 1.807) is 0 Å². The van der Waals surface area contributed by atoms with Gasteiger partial charge in [-0.2, -0.15) is 4.98 Å². The Morgan fingerprint density at radius 3 is 2.41 bits per heavy atom. The lowest BCUT2D eigenvalue weighted by atomic mass is 9.79. The third kappa shape index (κ3) is 2.50. The molecule has 3 rings (SSSR count). The van der Waals surface area contributed by atoms with Gasteiger partial charge in [-0.15, -0.1) is 0 Å². The van der Waals surface area contributed by atoms with Crippen molar-refractivity contribution >= 4 is 40.3 Å². The molecule has 1 aliphatic rings. The van der Waals surface area contributed by atoms with Crippen molar-refractivity contribution in [2.24, 2.45) is 0 Å². The number of carbonyl (C=O) groups excluding carboxylic acids is 3. The second-order valence-electron chi connectivity index (χ2n) is 6.48. The summed E-state index contributed by atoms with van der Waals surface area (Å²) in [6.07, 6.45) is 0.203. The topological polar surface area (TPSA) is 174 Å². The Labute approximate surface area is 168 Å². The van der Waals surface area contributed by atoms with Crippen LogP contribution in [0.1, 0.15) is 20.8 Å². The van der Waals surface area contributed by atoms with Crippen LogP contribution >= 0.6 is 11.6 Å². The molecule has 1 aliphatic heterocycles. The van der Waals surface area contributed by atoms with Crippen molar-refractivity contribution < 1.29 is 39.2 Å². The molecule has 29 heavy (non-hydrogen) atoms. The summed E-state index contributed by atoms with van der Waals surface area (Å²) in [5.74, 6) is -3.57. The predicted molar refractivity (Wildman–Crippen MR) is 93.6 cm³/mol. The molecule has 0 radical (unpaired) electrons. The molecule has 0 unspecified atom stereocenters. The van der Waals surface area contributed by atoms with Crippen molar-refractivity contribution in [3.8, 4) is 5.88 Å². The first-order valence-electron chi connectivity index (χ1n) is 8.26. The SMILES string of the molecule is CC(=O)O[C@]1(C(C)=O)[C@@](O)(Cl)[C@@H](CO)O[C@@]1(C(C)=O)n1cnc2c(O)ncnc21. The van der Waals surface area contributed by atoms with Gasteiger partial charge in [0.25, 0.3) is 11.3 Å². The highest BCUT2D eigenvalue weighted by Crippen LogP contribution is 2.55. The Bertz CT molecular complexity index is 1020. The summed E-state index contributed by atoms with van der Waals surface area (Å²) in [6, 6.07) is 0. The lowest BCUT2D eigenvalue weighted by Crippen LogP contribution is -2.70. The van der Waals surface area contributed by atoms with Gasteiger partial charge in [0.2, 0.25) is 10.9 Å². The van der Waals surface area contributed by atoms with Crippen molar-refractivity contribution in [3.63, 3.8) is 0 Å².